The number of fused-ring (bicyclic) bond motifs is 1. The maximum atomic E-state index is 13.1. The van der Waals surface area contributed by atoms with Gasteiger partial charge in [0.05, 0.1) is 15.8 Å². The van der Waals surface area contributed by atoms with Crippen molar-refractivity contribution in [3.05, 3.63) is 58.6 Å². The van der Waals surface area contributed by atoms with Crippen molar-refractivity contribution in [1.82, 2.24) is 9.88 Å². The Kier molecular flexibility index (Phi) is 6.45. The van der Waals surface area contributed by atoms with E-state index in [-0.39, 0.29) is 5.56 Å². The predicted octanol–water partition coefficient (Wildman–Crippen LogP) is 5.57. The van der Waals surface area contributed by atoms with Crippen molar-refractivity contribution in [2.75, 3.05) is 32.1 Å². The summed E-state index contributed by atoms with van der Waals surface area (Å²) in [6.45, 7) is 1.06. The highest BCUT2D eigenvalue weighted by Gasteiger charge is 2.31. The molecule has 9 heteroatoms. The Morgan fingerprint density at radius 3 is 2.59 bits per heavy atom. The van der Waals surface area contributed by atoms with E-state index in [2.05, 4.69) is 4.98 Å². The number of rotatable bonds is 6. The summed E-state index contributed by atoms with van der Waals surface area (Å²) < 4.78 is 40.0. The van der Waals surface area contributed by atoms with E-state index in [4.69, 9.17) is 11.6 Å². The van der Waals surface area contributed by atoms with Gasteiger partial charge < -0.3 is 4.90 Å². The first kappa shape index (κ1) is 21.5. The fourth-order valence-corrected chi connectivity index (χ4v) is 4.08. The summed E-state index contributed by atoms with van der Waals surface area (Å²) in [6.07, 6.45) is -3.87. The monoisotopic (exact) mass is 441 g/mol. The molecule has 0 bridgehead atoms. The van der Waals surface area contributed by atoms with E-state index >= 15 is 0 Å². The van der Waals surface area contributed by atoms with Gasteiger partial charge in [-0.1, -0.05) is 29.0 Å². The maximum Gasteiger partial charge on any atom is 0.416 e. The first-order valence-corrected chi connectivity index (χ1v) is 10.0. The van der Waals surface area contributed by atoms with Gasteiger partial charge in [0.2, 0.25) is 0 Å². The molecule has 0 fully saturated rings. The molecule has 0 atom stereocenters. The summed E-state index contributed by atoms with van der Waals surface area (Å²) in [4.78, 5) is 21.0. The molecule has 0 unspecified atom stereocenters. The van der Waals surface area contributed by atoms with Crippen LogP contribution in [0.25, 0.3) is 10.2 Å². The number of amides is 1. The molecule has 0 spiro atoms. The number of aromatic nitrogens is 1. The van der Waals surface area contributed by atoms with Crippen LogP contribution in [0.2, 0.25) is 5.02 Å². The first-order valence-electron chi connectivity index (χ1n) is 8.85. The molecule has 0 aliphatic rings. The van der Waals surface area contributed by atoms with Crippen molar-refractivity contribution in [3.63, 3.8) is 0 Å². The van der Waals surface area contributed by atoms with E-state index in [1.165, 1.54) is 28.4 Å². The Morgan fingerprint density at radius 1 is 1.14 bits per heavy atom. The predicted molar refractivity (Wildman–Crippen MR) is 111 cm³/mol. The fourth-order valence-electron chi connectivity index (χ4n) is 2.82. The summed E-state index contributed by atoms with van der Waals surface area (Å²) in [7, 11) is 3.83. The second-order valence-electron chi connectivity index (χ2n) is 6.80. The first-order chi connectivity index (χ1) is 13.6. The minimum Gasteiger partial charge on any atom is -0.309 e. The van der Waals surface area contributed by atoms with Crippen LogP contribution in [0.4, 0.5) is 18.3 Å². The number of hydrogen-bond donors (Lipinski definition) is 0. The zero-order chi connectivity index (χ0) is 21.2. The van der Waals surface area contributed by atoms with Crippen molar-refractivity contribution >= 4 is 44.2 Å². The van der Waals surface area contributed by atoms with Gasteiger partial charge in [-0.05, 0) is 63.5 Å². The van der Waals surface area contributed by atoms with Crippen molar-refractivity contribution in [1.29, 1.82) is 0 Å². The van der Waals surface area contributed by atoms with E-state index < -0.39 is 17.6 Å². The van der Waals surface area contributed by atoms with Crippen LogP contribution in [0.1, 0.15) is 22.3 Å². The van der Waals surface area contributed by atoms with Gasteiger partial charge in [-0.25, -0.2) is 4.98 Å². The highest BCUT2D eigenvalue weighted by atomic mass is 35.5. The molecule has 0 saturated carbocycles. The molecule has 154 valence electrons. The van der Waals surface area contributed by atoms with Gasteiger partial charge in [0.15, 0.2) is 5.13 Å². The van der Waals surface area contributed by atoms with Gasteiger partial charge in [-0.15, -0.1) is 0 Å². The summed E-state index contributed by atoms with van der Waals surface area (Å²) in [6, 6.07) is 9.68. The molecule has 0 radical (unpaired) electrons. The number of alkyl halides is 3. The van der Waals surface area contributed by atoms with Crippen LogP contribution in [-0.2, 0) is 6.18 Å². The molecule has 4 nitrogen and oxygen atoms in total. The highest BCUT2D eigenvalue weighted by Crippen LogP contribution is 2.33. The average molecular weight is 442 g/mol. The second-order valence-corrected chi connectivity index (χ2v) is 8.25. The standard InChI is InChI=1S/C20H19ClF3N3OS/c1-26(2)9-4-10-27(19-25-16-8-7-15(21)12-17(16)29-19)18(28)13-5-3-6-14(11-13)20(22,23)24/h3,5-8,11-12H,4,9-10H2,1-2H3. The number of nitrogens with zero attached hydrogens (tertiary/aromatic N) is 3. The Bertz CT molecular complexity index is 1020. The maximum absolute atomic E-state index is 13.1. The molecule has 0 N–H and O–H groups in total. The lowest BCUT2D eigenvalue weighted by Crippen LogP contribution is -2.33. The third-order valence-corrected chi connectivity index (χ3v) is 5.52. The molecule has 0 aliphatic heterocycles. The Labute approximate surface area is 175 Å². The largest absolute Gasteiger partial charge is 0.416 e. The van der Waals surface area contributed by atoms with E-state index in [0.29, 0.717) is 28.6 Å². The average Bonchev–Trinajstić information content (AvgIpc) is 3.06. The Morgan fingerprint density at radius 2 is 1.90 bits per heavy atom. The third-order valence-electron chi connectivity index (χ3n) is 4.24. The molecule has 0 saturated heterocycles. The van der Waals surface area contributed by atoms with Crippen molar-refractivity contribution in [2.45, 2.75) is 12.6 Å². The lowest BCUT2D eigenvalue weighted by Gasteiger charge is -2.21. The number of thiazole rings is 1. The molecule has 3 rings (SSSR count). The second kappa shape index (κ2) is 8.69. The quantitative estimate of drug-likeness (QED) is 0.502. The van der Waals surface area contributed by atoms with Crippen molar-refractivity contribution in [3.8, 4) is 0 Å². The number of hydrogen-bond acceptors (Lipinski definition) is 4. The van der Waals surface area contributed by atoms with Gasteiger partial charge in [0.25, 0.3) is 5.91 Å². The smallest absolute Gasteiger partial charge is 0.309 e. The fraction of sp³-hybridized carbons (Fsp3) is 0.300. The van der Waals surface area contributed by atoms with Crippen LogP contribution in [0.15, 0.2) is 42.5 Å². The molecule has 1 amide bonds. The van der Waals surface area contributed by atoms with Crippen molar-refractivity contribution < 1.29 is 18.0 Å². The van der Waals surface area contributed by atoms with Crippen LogP contribution in [-0.4, -0.2) is 43.0 Å². The molecule has 3 aromatic rings. The number of carbonyl (C=O) groups excluding carboxylic acids is 1. The number of carbonyl (C=O) groups is 1. The molecule has 29 heavy (non-hydrogen) atoms. The molecule has 1 aromatic heterocycles. The van der Waals surface area contributed by atoms with E-state index in [1.807, 2.05) is 19.0 Å². The van der Waals surface area contributed by atoms with Crippen LogP contribution in [0.5, 0.6) is 0 Å². The van der Waals surface area contributed by atoms with Crippen LogP contribution in [0, 0.1) is 0 Å². The zero-order valence-electron chi connectivity index (χ0n) is 15.8. The summed E-state index contributed by atoms with van der Waals surface area (Å²) in [5.41, 5.74) is -0.196. The Hall–Kier alpha value is -2.16. The topological polar surface area (TPSA) is 36.4 Å². The molecule has 0 aliphatic carbocycles. The third kappa shape index (κ3) is 5.26. The number of benzene rings is 2. The van der Waals surface area contributed by atoms with Crippen LogP contribution in [0.3, 0.4) is 0 Å². The highest BCUT2D eigenvalue weighted by molar-refractivity contribution is 7.22. The lowest BCUT2D eigenvalue weighted by molar-refractivity contribution is -0.137. The Balaban J connectivity index is 1.97. The van der Waals surface area contributed by atoms with Crippen molar-refractivity contribution in [2.24, 2.45) is 0 Å². The van der Waals surface area contributed by atoms with Crippen LogP contribution < -0.4 is 4.90 Å². The summed E-state index contributed by atoms with van der Waals surface area (Å²) >= 11 is 7.32. The van der Waals surface area contributed by atoms with E-state index in [9.17, 15) is 18.0 Å². The van der Waals surface area contributed by atoms with Crippen LogP contribution >= 0.6 is 22.9 Å². The molecular weight excluding hydrogens is 423 g/mol. The van der Waals surface area contributed by atoms with Gasteiger partial charge in [0, 0.05) is 17.1 Å². The zero-order valence-corrected chi connectivity index (χ0v) is 17.4. The summed E-state index contributed by atoms with van der Waals surface area (Å²) in [5, 5.41) is 0.986. The minimum atomic E-state index is -4.52. The van der Waals surface area contributed by atoms with Gasteiger partial charge >= 0.3 is 6.18 Å². The van der Waals surface area contributed by atoms with E-state index in [0.717, 1.165) is 23.4 Å². The number of halogens is 4. The molecular formula is C20H19ClF3N3OS. The summed E-state index contributed by atoms with van der Waals surface area (Å²) in [5.74, 6) is -0.514. The SMILES string of the molecule is CN(C)CCCN(C(=O)c1cccc(C(F)(F)F)c1)c1nc2ccc(Cl)cc2s1. The van der Waals surface area contributed by atoms with E-state index in [1.54, 1.807) is 18.2 Å². The van der Waals surface area contributed by atoms with Gasteiger partial charge in [-0.2, -0.15) is 13.2 Å². The van der Waals surface area contributed by atoms with Gasteiger partial charge in [0.1, 0.15) is 0 Å². The minimum absolute atomic E-state index is 0.0260. The lowest BCUT2D eigenvalue weighted by atomic mass is 10.1. The van der Waals surface area contributed by atoms with Gasteiger partial charge in [-0.3, -0.25) is 9.69 Å². The number of anilines is 1. The molecule has 1 heterocycles. The normalized spacial score (nSPS) is 12.0. The molecule has 2 aromatic carbocycles.